The number of hydrogen-bond donors (Lipinski definition) is 4. The van der Waals surface area contributed by atoms with E-state index in [1.165, 1.54) is 6.33 Å². The first kappa shape index (κ1) is 32.6. The van der Waals surface area contributed by atoms with Gasteiger partial charge in [-0.1, -0.05) is 40.0 Å². The van der Waals surface area contributed by atoms with Crippen molar-refractivity contribution in [1.82, 2.24) is 29.7 Å². The zero-order chi connectivity index (χ0) is 29.2. The predicted molar refractivity (Wildman–Crippen MR) is 149 cm³/mol. The van der Waals surface area contributed by atoms with Crippen LogP contribution in [0.3, 0.4) is 0 Å². The van der Waals surface area contributed by atoms with Gasteiger partial charge in [0.15, 0.2) is 11.5 Å². The molecule has 0 radical (unpaired) electrons. The Hall–Kier alpha value is -2.60. The van der Waals surface area contributed by atoms with Crippen molar-refractivity contribution in [2.45, 2.75) is 97.9 Å². The number of carboxylic acid groups (broad SMARTS) is 1. The number of ether oxygens (including phenoxy) is 2. The zero-order valence-electron chi connectivity index (χ0n) is 23.8. The third-order valence-corrected chi connectivity index (χ3v) is 8.38. The number of nitrogens with two attached hydrogens (primary N) is 1. The molecular weight excluding hydrogens is 525 g/mol. The van der Waals surface area contributed by atoms with Crippen LogP contribution in [0.2, 0.25) is 0 Å². The summed E-state index contributed by atoms with van der Waals surface area (Å²) in [6.07, 6.45) is 5.77. The maximum absolute atomic E-state index is 14.2. The monoisotopic (exact) mass is 569 g/mol. The summed E-state index contributed by atoms with van der Waals surface area (Å²) in [6, 6.07) is -0.627. The number of fused-ring (bicyclic) bond motifs is 1. The standard InChI is InChI=1S/C25H44N7O6P/c1-7-8-9-10-11-37-24(35)25(5,6)31-39(36,30-19(17(2)3)12-20(33)34)16-38-18(4)13-32-15-29-21-22(26)27-14-28-23(21)32/h14-15,17-19H,7-13,16H2,1-6H3,(H,33,34)(H2,26,27,28)(H2,30,31,36)/t18-,19-,39?/m0/s1. The van der Waals surface area contributed by atoms with Crippen LogP contribution in [-0.2, 0) is 30.2 Å². The molecule has 2 rings (SSSR count). The van der Waals surface area contributed by atoms with Crippen LogP contribution in [-0.4, -0.2) is 67.2 Å². The maximum atomic E-state index is 14.2. The molecular formula is C25H44N7O6P. The molecule has 2 aromatic heterocycles. The quantitative estimate of drug-likeness (QED) is 0.116. The number of esters is 1. The molecule has 5 N–H and O–H groups in total. The minimum Gasteiger partial charge on any atom is -0.481 e. The Balaban J connectivity index is 2.16. The first-order valence-corrected chi connectivity index (χ1v) is 15.3. The van der Waals surface area contributed by atoms with Gasteiger partial charge < -0.3 is 24.9 Å². The third-order valence-electron chi connectivity index (χ3n) is 6.20. The first-order valence-electron chi connectivity index (χ1n) is 13.4. The van der Waals surface area contributed by atoms with Gasteiger partial charge in [0, 0.05) is 6.04 Å². The minimum atomic E-state index is -3.67. The van der Waals surface area contributed by atoms with Crippen LogP contribution in [0.25, 0.3) is 11.2 Å². The Morgan fingerprint density at radius 2 is 1.90 bits per heavy atom. The summed E-state index contributed by atoms with van der Waals surface area (Å²) in [7, 11) is -3.67. The van der Waals surface area contributed by atoms with Gasteiger partial charge in [-0.15, -0.1) is 0 Å². The van der Waals surface area contributed by atoms with Crippen molar-refractivity contribution in [3.8, 4) is 0 Å². The second kappa shape index (κ2) is 14.7. The van der Waals surface area contributed by atoms with Crippen molar-refractivity contribution in [3.63, 3.8) is 0 Å². The molecule has 0 aromatic carbocycles. The number of rotatable bonds is 18. The lowest BCUT2D eigenvalue weighted by Gasteiger charge is -2.34. The number of unbranched alkanes of at least 4 members (excludes halogenated alkanes) is 3. The van der Waals surface area contributed by atoms with Crippen molar-refractivity contribution in [2.75, 3.05) is 18.7 Å². The van der Waals surface area contributed by atoms with Crippen LogP contribution in [0, 0.1) is 5.92 Å². The van der Waals surface area contributed by atoms with Gasteiger partial charge in [-0.25, -0.2) is 25.1 Å². The molecule has 0 aliphatic rings. The number of carboxylic acids is 1. The maximum Gasteiger partial charge on any atom is 0.326 e. The van der Waals surface area contributed by atoms with Crippen molar-refractivity contribution in [3.05, 3.63) is 12.7 Å². The van der Waals surface area contributed by atoms with Gasteiger partial charge in [-0.2, -0.15) is 0 Å². The smallest absolute Gasteiger partial charge is 0.326 e. The molecule has 39 heavy (non-hydrogen) atoms. The van der Waals surface area contributed by atoms with E-state index in [9.17, 15) is 19.3 Å². The number of anilines is 1. The van der Waals surface area contributed by atoms with E-state index in [-0.39, 0.29) is 31.1 Å². The van der Waals surface area contributed by atoms with Gasteiger partial charge >= 0.3 is 11.9 Å². The molecule has 220 valence electrons. The average molecular weight is 570 g/mol. The fourth-order valence-electron chi connectivity index (χ4n) is 3.95. The molecule has 3 atom stereocenters. The molecule has 0 bridgehead atoms. The van der Waals surface area contributed by atoms with Crippen LogP contribution in [0.5, 0.6) is 0 Å². The average Bonchev–Trinajstić information content (AvgIpc) is 3.25. The van der Waals surface area contributed by atoms with E-state index in [1.807, 2.05) is 13.8 Å². The van der Waals surface area contributed by atoms with Gasteiger partial charge in [0.05, 0.1) is 32.0 Å². The lowest BCUT2D eigenvalue weighted by molar-refractivity contribution is -0.149. The highest BCUT2D eigenvalue weighted by atomic mass is 31.2. The first-order chi connectivity index (χ1) is 18.3. The number of carbonyl (C=O) groups excluding carboxylic acids is 1. The molecule has 1 unspecified atom stereocenters. The SMILES string of the molecule is CCCCCCOC(=O)C(C)(C)NP(=O)(CO[C@@H](C)Cn1cnc2c(N)ncnc21)N[C@@H](CC(=O)O)C(C)C. The number of aromatic nitrogens is 4. The number of nitrogen functional groups attached to an aromatic ring is 1. The van der Waals surface area contributed by atoms with Crippen molar-refractivity contribution in [2.24, 2.45) is 5.92 Å². The van der Waals surface area contributed by atoms with Crippen LogP contribution < -0.4 is 15.9 Å². The number of nitrogens with zero attached hydrogens (tertiary/aromatic N) is 4. The van der Waals surface area contributed by atoms with Crippen molar-refractivity contribution >= 4 is 36.4 Å². The number of carbonyl (C=O) groups is 2. The normalized spacial score (nSPS) is 15.3. The Kier molecular flexibility index (Phi) is 12.3. The van der Waals surface area contributed by atoms with E-state index >= 15 is 0 Å². The lowest BCUT2D eigenvalue weighted by Crippen LogP contribution is -2.50. The molecule has 2 aromatic rings. The zero-order valence-corrected chi connectivity index (χ0v) is 24.7. The fraction of sp³-hybridized carbons (Fsp3) is 0.720. The molecule has 0 spiro atoms. The summed E-state index contributed by atoms with van der Waals surface area (Å²) in [5.74, 6) is -1.45. The Bertz CT molecular complexity index is 1140. The lowest BCUT2D eigenvalue weighted by atomic mass is 10.0. The number of nitrogens with one attached hydrogen (secondary N) is 2. The topological polar surface area (TPSA) is 184 Å². The second-order valence-electron chi connectivity index (χ2n) is 10.7. The summed E-state index contributed by atoms with van der Waals surface area (Å²) in [4.78, 5) is 36.8. The molecule has 0 fully saturated rings. The predicted octanol–water partition coefficient (Wildman–Crippen LogP) is 3.54. The summed E-state index contributed by atoms with van der Waals surface area (Å²) < 4.78 is 27.4. The van der Waals surface area contributed by atoms with Gasteiger partial charge in [0.2, 0.25) is 7.44 Å². The van der Waals surface area contributed by atoms with Gasteiger partial charge in [-0.05, 0) is 33.1 Å². The third kappa shape index (κ3) is 10.1. The van der Waals surface area contributed by atoms with E-state index in [0.29, 0.717) is 17.7 Å². The molecule has 0 amide bonds. The Morgan fingerprint density at radius 1 is 1.18 bits per heavy atom. The summed E-state index contributed by atoms with van der Waals surface area (Å²) >= 11 is 0. The molecule has 0 saturated carbocycles. The van der Waals surface area contributed by atoms with Crippen LogP contribution in [0.15, 0.2) is 12.7 Å². The van der Waals surface area contributed by atoms with Gasteiger partial charge in [-0.3, -0.25) is 14.2 Å². The molecule has 2 heterocycles. The van der Waals surface area contributed by atoms with E-state index in [1.54, 1.807) is 31.7 Å². The van der Waals surface area contributed by atoms with E-state index in [0.717, 1.165) is 25.7 Å². The van der Waals surface area contributed by atoms with Gasteiger partial charge in [0.25, 0.3) is 0 Å². The summed E-state index contributed by atoms with van der Waals surface area (Å²) in [5, 5.41) is 15.3. The highest BCUT2D eigenvalue weighted by Crippen LogP contribution is 2.41. The Morgan fingerprint density at radius 3 is 2.54 bits per heavy atom. The number of hydrogen-bond acceptors (Lipinski definition) is 9. The Labute approximate surface area is 230 Å². The molecule has 0 saturated heterocycles. The second-order valence-corrected chi connectivity index (χ2v) is 12.9. The summed E-state index contributed by atoms with van der Waals surface area (Å²) in [6.45, 7) is 11.3. The van der Waals surface area contributed by atoms with Crippen LogP contribution in [0.4, 0.5) is 5.82 Å². The molecule has 0 aliphatic carbocycles. The van der Waals surface area contributed by atoms with Gasteiger partial charge in [0.1, 0.15) is 23.7 Å². The van der Waals surface area contributed by atoms with E-state index in [4.69, 9.17) is 15.2 Å². The van der Waals surface area contributed by atoms with Crippen LogP contribution >= 0.6 is 7.44 Å². The largest absolute Gasteiger partial charge is 0.481 e. The fourth-order valence-corrected chi connectivity index (χ4v) is 6.54. The van der Waals surface area contributed by atoms with Crippen molar-refractivity contribution < 1.29 is 28.7 Å². The molecule has 14 heteroatoms. The highest BCUT2D eigenvalue weighted by molar-refractivity contribution is 7.59. The van der Waals surface area contributed by atoms with Crippen molar-refractivity contribution in [1.29, 1.82) is 0 Å². The molecule has 13 nitrogen and oxygen atoms in total. The number of aliphatic carboxylic acids is 1. The minimum absolute atomic E-state index is 0.148. The van der Waals surface area contributed by atoms with E-state index in [2.05, 4.69) is 32.1 Å². The van der Waals surface area contributed by atoms with E-state index < -0.39 is 37.1 Å². The number of imidazole rings is 1. The highest BCUT2D eigenvalue weighted by Gasteiger charge is 2.39. The molecule has 0 aliphatic heterocycles. The van der Waals surface area contributed by atoms with Crippen LogP contribution in [0.1, 0.15) is 73.6 Å². The summed E-state index contributed by atoms with van der Waals surface area (Å²) in [5.41, 5.74) is 5.56.